The summed E-state index contributed by atoms with van der Waals surface area (Å²) < 4.78 is 12.5. The number of rotatable bonds is 1. The van der Waals surface area contributed by atoms with Gasteiger partial charge in [0.1, 0.15) is 0 Å². The molecule has 0 radical (unpaired) electrons. The molecule has 0 saturated carbocycles. The molecule has 4 rings (SSSR count). The molecule has 0 atom stereocenters. The lowest BCUT2D eigenvalue weighted by atomic mass is 10.0. The van der Waals surface area contributed by atoms with E-state index in [-0.39, 0.29) is 12.7 Å². The molecule has 0 bridgehead atoms. The van der Waals surface area contributed by atoms with Crippen LogP contribution in [-0.2, 0) is 20.0 Å². The molecular weight excluding hydrogens is 282 g/mol. The number of hydrogen-bond acceptors (Lipinski definition) is 4. The van der Waals surface area contributed by atoms with Crippen LogP contribution in [0.15, 0.2) is 18.2 Å². The van der Waals surface area contributed by atoms with E-state index >= 15 is 0 Å². The predicted octanol–water partition coefficient (Wildman–Crippen LogP) is 1.66. The Kier molecular flexibility index (Phi) is 2.85. The minimum Gasteiger partial charge on any atom is -0.454 e. The van der Waals surface area contributed by atoms with E-state index in [1.165, 1.54) is 5.56 Å². The number of carbonyl (C=O) groups is 1. The van der Waals surface area contributed by atoms with Crippen LogP contribution in [0.5, 0.6) is 11.5 Å². The molecule has 0 aliphatic carbocycles. The van der Waals surface area contributed by atoms with Crippen molar-refractivity contribution in [1.29, 1.82) is 0 Å². The van der Waals surface area contributed by atoms with Crippen LogP contribution in [0.25, 0.3) is 0 Å². The number of aryl methyl sites for hydroxylation is 2. The molecule has 114 valence electrons. The van der Waals surface area contributed by atoms with Crippen molar-refractivity contribution in [3.05, 3.63) is 40.7 Å². The molecule has 6 nitrogen and oxygen atoms in total. The van der Waals surface area contributed by atoms with Crippen molar-refractivity contribution < 1.29 is 14.3 Å². The SMILES string of the molecule is Cc1nn(C)c2c1CCN(C(=O)c1ccc3c(c1)OCO3)C2. The van der Waals surface area contributed by atoms with E-state index in [4.69, 9.17) is 9.47 Å². The molecule has 6 heteroatoms. The topological polar surface area (TPSA) is 56.6 Å². The first-order valence-electron chi connectivity index (χ1n) is 7.34. The van der Waals surface area contributed by atoms with Crippen molar-refractivity contribution in [3.63, 3.8) is 0 Å². The quantitative estimate of drug-likeness (QED) is 0.803. The van der Waals surface area contributed by atoms with E-state index < -0.39 is 0 Å². The lowest BCUT2D eigenvalue weighted by Gasteiger charge is -2.27. The number of amides is 1. The summed E-state index contributed by atoms with van der Waals surface area (Å²) in [6, 6.07) is 5.34. The van der Waals surface area contributed by atoms with E-state index in [1.54, 1.807) is 18.2 Å². The van der Waals surface area contributed by atoms with Gasteiger partial charge in [0.15, 0.2) is 11.5 Å². The summed E-state index contributed by atoms with van der Waals surface area (Å²) >= 11 is 0. The molecular formula is C16H17N3O3. The van der Waals surface area contributed by atoms with Crippen LogP contribution in [0.1, 0.15) is 27.3 Å². The van der Waals surface area contributed by atoms with Crippen molar-refractivity contribution in [1.82, 2.24) is 14.7 Å². The molecule has 1 aromatic heterocycles. The molecule has 1 amide bonds. The molecule has 2 aromatic rings. The van der Waals surface area contributed by atoms with Gasteiger partial charge in [0, 0.05) is 19.2 Å². The second-order valence-electron chi connectivity index (χ2n) is 5.68. The average Bonchev–Trinajstić information content (AvgIpc) is 3.10. The van der Waals surface area contributed by atoms with Gasteiger partial charge in [-0.2, -0.15) is 5.10 Å². The van der Waals surface area contributed by atoms with Crippen LogP contribution in [0.2, 0.25) is 0 Å². The minimum absolute atomic E-state index is 0.0165. The fourth-order valence-electron chi connectivity index (χ4n) is 3.16. The molecule has 2 aliphatic rings. The van der Waals surface area contributed by atoms with Gasteiger partial charge >= 0.3 is 0 Å². The van der Waals surface area contributed by atoms with Crippen molar-refractivity contribution in [2.75, 3.05) is 13.3 Å². The standard InChI is InChI=1S/C16H17N3O3/c1-10-12-5-6-19(8-13(12)18(2)17-10)16(20)11-3-4-14-15(7-11)22-9-21-14/h3-4,7H,5-6,8-9H2,1-2H3. The fraction of sp³-hybridized carbons (Fsp3) is 0.375. The number of ether oxygens (including phenoxy) is 2. The molecule has 0 fully saturated rings. The lowest BCUT2D eigenvalue weighted by molar-refractivity contribution is 0.0730. The van der Waals surface area contributed by atoms with E-state index in [0.29, 0.717) is 30.2 Å². The third-order valence-corrected chi connectivity index (χ3v) is 4.35. The molecule has 22 heavy (non-hydrogen) atoms. The summed E-state index contributed by atoms with van der Waals surface area (Å²) in [5.41, 5.74) is 4.09. The molecule has 0 N–H and O–H groups in total. The Bertz CT molecular complexity index is 766. The summed E-state index contributed by atoms with van der Waals surface area (Å²) in [5, 5.41) is 4.45. The highest BCUT2D eigenvalue weighted by Crippen LogP contribution is 2.33. The van der Waals surface area contributed by atoms with E-state index in [9.17, 15) is 4.79 Å². The normalized spacial score (nSPS) is 15.8. The van der Waals surface area contributed by atoms with Crippen molar-refractivity contribution in [2.24, 2.45) is 7.05 Å². The molecule has 2 aliphatic heterocycles. The van der Waals surface area contributed by atoms with E-state index in [1.807, 2.05) is 23.6 Å². The van der Waals surface area contributed by atoms with Gasteiger partial charge < -0.3 is 14.4 Å². The lowest BCUT2D eigenvalue weighted by Crippen LogP contribution is -2.36. The highest BCUT2D eigenvalue weighted by molar-refractivity contribution is 5.95. The van der Waals surface area contributed by atoms with Gasteiger partial charge in [-0.25, -0.2) is 0 Å². The molecule has 1 aromatic carbocycles. The van der Waals surface area contributed by atoms with Gasteiger partial charge in [-0.05, 0) is 37.1 Å². The maximum Gasteiger partial charge on any atom is 0.254 e. The van der Waals surface area contributed by atoms with Crippen molar-refractivity contribution in [3.8, 4) is 11.5 Å². The average molecular weight is 299 g/mol. The monoisotopic (exact) mass is 299 g/mol. The summed E-state index contributed by atoms with van der Waals surface area (Å²) in [4.78, 5) is 14.6. The zero-order valence-corrected chi connectivity index (χ0v) is 12.6. The fourth-order valence-corrected chi connectivity index (χ4v) is 3.16. The van der Waals surface area contributed by atoms with Gasteiger partial charge in [-0.3, -0.25) is 9.48 Å². The Morgan fingerprint density at radius 2 is 2.09 bits per heavy atom. The van der Waals surface area contributed by atoms with Crippen LogP contribution in [0.3, 0.4) is 0 Å². The number of aromatic nitrogens is 2. The highest BCUT2D eigenvalue weighted by atomic mass is 16.7. The van der Waals surface area contributed by atoms with Gasteiger partial charge in [0.05, 0.1) is 17.9 Å². The second-order valence-corrected chi connectivity index (χ2v) is 5.68. The number of carbonyl (C=O) groups excluding carboxylic acids is 1. The second kappa shape index (κ2) is 4.76. The third kappa shape index (κ3) is 1.94. The molecule has 0 saturated heterocycles. The Labute approximate surface area is 128 Å². The first-order chi connectivity index (χ1) is 10.6. The summed E-state index contributed by atoms with van der Waals surface area (Å²) in [6.45, 7) is 3.55. The van der Waals surface area contributed by atoms with Gasteiger partial charge in [0.2, 0.25) is 6.79 Å². The predicted molar refractivity (Wildman–Crippen MR) is 79.0 cm³/mol. The van der Waals surface area contributed by atoms with E-state index in [0.717, 1.165) is 17.8 Å². The summed E-state index contributed by atoms with van der Waals surface area (Å²) in [6.07, 6.45) is 0.852. The minimum atomic E-state index is 0.0165. The highest BCUT2D eigenvalue weighted by Gasteiger charge is 2.27. The first-order valence-corrected chi connectivity index (χ1v) is 7.34. The van der Waals surface area contributed by atoms with Crippen LogP contribution in [0.4, 0.5) is 0 Å². The third-order valence-electron chi connectivity index (χ3n) is 4.35. The van der Waals surface area contributed by atoms with Crippen molar-refractivity contribution in [2.45, 2.75) is 19.9 Å². The van der Waals surface area contributed by atoms with Crippen LogP contribution < -0.4 is 9.47 Å². The van der Waals surface area contributed by atoms with Crippen molar-refractivity contribution >= 4 is 5.91 Å². The van der Waals surface area contributed by atoms with Gasteiger partial charge in [-0.1, -0.05) is 0 Å². The Morgan fingerprint density at radius 3 is 2.95 bits per heavy atom. The van der Waals surface area contributed by atoms with Crippen LogP contribution in [-0.4, -0.2) is 33.9 Å². The Morgan fingerprint density at radius 1 is 1.27 bits per heavy atom. The molecule has 0 spiro atoms. The number of hydrogen-bond donors (Lipinski definition) is 0. The van der Waals surface area contributed by atoms with E-state index in [2.05, 4.69) is 5.10 Å². The zero-order valence-electron chi connectivity index (χ0n) is 12.6. The maximum atomic E-state index is 12.7. The largest absolute Gasteiger partial charge is 0.454 e. The zero-order chi connectivity index (χ0) is 15.3. The van der Waals surface area contributed by atoms with Crippen LogP contribution >= 0.6 is 0 Å². The number of fused-ring (bicyclic) bond motifs is 2. The molecule has 3 heterocycles. The number of benzene rings is 1. The maximum absolute atomic E-state index is 12.7. The molecule has 0 unspecified atom stereocenters. The summed E-state index contributed by atoms with van der Waals surface area (Å²) in [7, 11) is 1.93. The number of nitrogens with zero attached hydrogens (tertiary/aromatic N) is 3. The van der Waals surface area contributed by atoms with Gasteiger partial charge in [-0.15, -0.1) is 0 Å². The first kappa shape index (κ1) is 13.2. The summed E-state index contributed by atoms with van der Waals surface area (Å²) in [5.74, 6) is 1.35. The Hall–Kier alpha value is -2.50. The van der Waals surface area contributed by atoms with Crippen LogP contribution in [0, 0.1) is 6.92 Å². The van der Waals surface area contributed by atoms with Gasteiger partial charge in [0.25, 0.3) is 5.91 Å². The smallest absolute Gasteiger partial charge is 0.254 e. The Balaban J connectivity index is 1.60.